The van der Waals surface area contributed by atoms with E-state index < -0.39 is 17.0 Å². The molecule has 0 radical (unpaired) electrons. The van der Waals surface area contributed by atoms with Gasteiger partial charge in [-0.2, -0.15) is 12.1 Å². The van der Waals surface area contributed by atoms with E-state index in [0.29, 0.717) is 48.6 Å². The molecule has 0 spiro atoms. The predicted molar refractivity (Wildman–Crippen MR) is 152 cm³/mol. The molecule has 0 amide bonds. The monoisotopic (exact) mass is 590 g/mol. The van der Waals surface area contributed by atoms with E-state index in [0.717, 1.165) is 0 Å². The third-order valence-corrected chi connectivity index (χ3v) is 9.63. The van der Waals surface area contributed by atoms with E-state index in [1.54, 1.807) is 0 Å². The second-order valence-corrected chi connectivity index (χ2v) is 14.9. The normalized spacial score (nSPS) is 36.4. The zero-order valence-corrected chi connectivity index (χ0v) is 26.2. The Bertz CT molecular complexity index is 556. The molecule has 0 aromatic heterocycles. The van der Waals surface area contributed by atoms with Gasteiger partial charge in [0.15, 0.2) is 0 Å². The third kappa shape index (κ3) is 10.5. The van der Waals surface area contributed by atoms with E-state index in [2.05, 4.69) is 0 Å². The molecule has 0 aromatic carbocycles. The summed E-state index contributed by atoms with van der Waals surface area (Å²) in [4.78, 5) is 0. The van der Waals surface area contributed by atoms with Crippen molar-refractivity contribution in [2.45, 2.75) is 190 Å². The average molecular weight is 592 g/mol. The van der Waals surface area contributed by atoms with Crippen molar-refractivity contribution in [2.75, 3.05) is 0 Å². The molecular weight excluding hydrogens is 539 g/mol. The SMILES string of the molecule is C1CCC(OC2CCCCC2[N-]C2CCCCC2[N-]C2CCCCC2OC2CCCCC2)CC1.[Cl][Ti][Cl]. The Morgan fingerprint density at radius 3 is 1.08 bits per heavy atom. The molecule has 214 valence electrons. The van der Waals surface area contributed by atoms with Gasteiger partial charge in [0, 0.05) is 12.2 Å². The quantitative estimate of drug-likeness (QED) is 0.264. The summed E-state index contributed by atoms with van der Waals surface area (Å²) in [6.07, 6.45) is 30.4. The van der Waals surface area contributed by atoms with Crippen LogP contribution in [0, 0.1) is 0 Å². The van der Waals surface area contributed by atoms with Gasteiger partial charge in [0.05, 0.1) is 12.2 Å². The zero-order valence-electron chi connectivity index (χ0n) is 23.1. The van der Waals surface area contributed by atoms with E-state index in [1.807, 2.05) is 0 Å². The molecule has 4 nitrogen and oxygen atoms in total. The first-order valence-corrected chi connectivity index (χ1v) is 20.2. The van der Waals surface area contributed by atoms with Gasteiger partial charge >= 0.3 is 35.6 Å². The van der Waals surface area contributed by atoms with Crippen LogP contribution in [0.2, 0.25) is 0 Å². The van der Waals surface area contributed by atoms with Crippen LogP contribution in [0.15, 0.2) is 0 Å². The molecule has 7 heteroatoms. The molecule has 6 unspecified atom stereocenters. The summed E-state index contributed by atoms with van der Waals surface area (Å²) in [6, 6.07) is 1.67. The summed E-state index contributed by atoms with van der Waals surface area (Å²) in [5, 5.41) is 11.1. The predicted octanol–water partition coefficient (Wildman–Crippen LogP) is 9.74. The van der Waals surface area contributed by atoms with Crippen LogP contribution in [0.4, 0.5) is 0 Å². The van der Waals surface area contributed by atoms with Gasteiger partial charge in [0.1, 0.15) is 0 Å². The van der Waals surface area contributed by atoms with Crippen molar-refractivity contribution in [3.63, 3.8) is 0 Å². The molecule has 0 saturated heterocycles. The third-order valence-electron chi connectivity index (χ3n) is 9.63. The number of hydrogen-bond acceptors (Lipinski definition) is 2. The molecule has 0 N–H and O–H groups in total. The second-order valence-electron chi connectivity index (χ2n) is 12.4. The van der Waals surface area contributed by atoms with Crippen molar-refractivity contribution in [3.8, 4) is 0 Å². The van der Waals surface area contributed by atoms with Gasteiger partial charge in [-0.25, -0.2) is 0 Å². The van der Waals surface area contributed by atoms with E-state index >= 15 is 0 Å². The molecule has 6 atom stereocenters. The summed E-state index contributed by atoms with van der Waals surface area (Å²) in [5.41, 5.74) is 0. The van der Waals surface area contributed by atoms with Gasteiger partial charge in [-0.15, -0.1) is 12.1 Å². The van der Waals surface area contributed by atoms with Crippen LogP contribution in [0.3, 0.4) is 0 Å². The first kappa shape index (κ1) is 31.1. The molecule has 5 rings (SSSR count). The van der Waals surface area contributed by atoms with Gasteiger partial charge in [-0.3, -0.25) is 0 Å². The number of rotatable bonds is 8. The first-order valence-electron chi connectivity index (χ1n) is 15.9. The number of halogens is 2. The van der Waals surface area contributed by atoms with E-state index in [4.69, 9.17) is 38.7 Å². The number of ether oxygens (including phenoxy) is 2. The van der Waals surface area contributed by atoms with Crippen LogP contribution >= 0.6 is 18.6 Å². The van der Waals surface area contributed by atoms with Crippen LogP contribution in [-0.2, 0) is 26.5 Å². The molecule has 5 saturated carbocycles. The molecule has 0 heterocycles. The Kier molecular flexibility index (Phi) is 15.0. The molecule has 5 aliphatic carbocycles. The Balaban J connectivity index is 0.00000102. The first-order chi connectivity index (χ1) is 18.3. The Morgan fingerprint density at radius 2 is 0.703 bits per heavy atom. The van der Waals surface area contributed by atoms with Crippen LogP contribution in [0.1, 0.15) is 141 Å². The van der Waals surface area contributed by atoms with Crippen molar-refractivity contribution in [2.24, 2.45) is 0 Å². The van der Waals surface area contributed by atoms with Gasteiger partial charge in [0.2, 0.25) is 0 Å². The summed E-state index contributed by atoms with van der Waals surface area (Å²) < 4.78 is 13.5. The zero-order chi connectivity index (χ0) is 25.7. The Morgan fingerprint density at radius 1 is 0.405 bits per heavy atom. The minimum atomic E-state index is -0.556. The van der Waals surface area contributed by atoms with Gasteiger partial charge in [-0.05, 0) is 38.5 Å². The van der Waals surface area contributed by atoms with E-state index in [9.17, 15) is 0 Å². The molecular formula is C30H52Cl2N2O2Ti-2. The van der Waals surface area contributed by atoms with Crippen molar-refractivity contribution >= 4 is 18.6 Å². The molecule has 37 heavy (non-hydrogen) atoms. The Labute approximate surface area is 244 Å². The fourth-order valence-corrected chi connectivity index (χ4v) is 7.64. The van der Waals surface area contributed by atoms with Crippen LogP contribution in [-0.4, -0.2) is 48.6 Å². The fourth-order valence-electron chi connectivity index (χ4n) is 7.64. The molecule has 0 bridgehead atoms. The topological polar surface area (TPSA) is 46.7 Å². The van der Waals surface area contributed by atoms with Crippen molar-refractivity contribution in [1.29, 1.82) is 0 Å². The molecule has 5 aliphatic rings. The summed E-state index contributed by atoms with van der Waals surface area (Å²) in [5.74, 6) is 0. The summed E-state index contributed by atoms with van der Waals surface area (Å²) >= 11 is -0.556. The number of hydrogen-bond donors (Lipinski definition) is 0. The maximum absolute atomic E-state index is 6.73. The Hall–Kier alpha value is 1.13. The van der Waals surface area contributed by atoms with Crippen LogP contribution in [0.5, 0.6) is 0 Å². The van der Waals surface area contributed by atoms with Gasteiger partial charge in [-0.1, -0.05) is 103 Å². The maximum atomic E-state index is 6.73. The number of nitrogens with zero attached hydrogens (tertiary/aromatic N) is 2. The molecule has 0 aromatic rings. The van der Waals surface area contributed by atoms with Crippen molar-refractivity contribution < 1.29 is 26.5 Å². The van der Waals surface area contributed by atoms with Crippen molar-refractivity contribution in [1.82, 2.24) is 0 Å². The molecule has 0 aliphatic heterocycles. The summed E-state index contributed by atoms with van der Waals surface area (Å²) in [7, 11) is 9.78. The average Bonchev–Trinajstić information content (AvgIpc) is 2.94. The van der Waals surface area contributed by atoms with Gasteiger partial charge < -0.3 is 20.1 Å². The van der Waals surface area contributed by atoms with Crippen LogP contribution < -0.4 is 0 Å². The molecule has 5 fully saturated rings. The van der Waals surface area contributed by atoms with E-state index in [-0.39, 0.29) is 0 Å². The van der Waals surface area contributed by atoms with Crippen molar-refractivity contribution in [3.05, 3.63) is 10.6 Å². The van der Waals surface area contributed by atoms with Crippen LogP contribution in [0.25, 0.3) is 10.6 Å². The standard InChI is InChI=1S/C30H52N2O2.2ClH.Ti/c1-3-13-23(14-4-1)33-29-21-11-9-19-27(29)31-25-17-7-8-18-26(25)32-28-20-10-12-22-30(28)34-24-15-5-2-6-16-24;;;/h23-30H,1-22H2;2*1H;/q-2;;;+2/p-2. The van der Waals surface area contributed by atoms with Gasteiger partial charge in [0.25, 0.3) is 0 Å². The minimum absolute atomic E-state index is 0.372. The second kappa shape index (κ2) is 17.8. The fraction of sp³-hybridized carbons (Fsp3) is 1.00. The summed E-state index contributed by atoms with van der Waals surface area (Å²) in [6.45, 7) is 0. The van der Waals surface area contributed by atoms with E-state index in [1.165, 1.54) is 141 Å².